The summed E-state index contributed by atoms with van der Waals surface area (Å²) < 4.78 is 0. The number of pyridine rings is 1. The Morgan fingerprint density at radius 3 is 2.71 bits per heavy atom. The van der Waals surface area contributed by atoms with E-state index in [9.17, 15) is 0 Å². The maximum atomic E-state index is 4.11. The quantitative estimate of drug-likeness (QED) is 0.663. The van der Waals surface area contributed by atoms with Crippen LogP contribution in [0.2, 0.25) is 0 Å². The molecule has 1 rings (SSSR count). The third-order valence-corrected chi connectivity index (χ3v) is 3.04. The summed E-state index contributed by atoms with van der Waals surface area (Å²) in [5, 5.41) is 3.48. The minimum atomic E-state index is 1.05. The lowest BCUT2D eigenvalue weighted by Crippen LogP contribution is -2.27. The maximum absolute atomic E-state index is 4.11. The van der Waals surface area contributed by atoms with Crippen molar-refractivity contribution in [2.24, 2.45) is 0 Å². The monoisotopic (exact) mass is 235 g/mol. The average molecular weight is 235 g/mol. The van der Waals surface area contributed by atoms with Crippen molar-refractivity contribution in [2.45, 2.75) is 26.7 Å². The molecule has 1 aromatic heterocycles. The van der Waals surface area contributed by atoms with Crippen LogP contribution < -0.4 is 5.32 Å². The van der Waals surface area contributed by atoms with Crippen LogP contribution in [0.5, 0.6) is 0 Å². The van der Waals surface area contributed by atoms with Gasteiger partial charge in [-0.25, -0.2) is 0 Å². The molecule has 0 spiro atoms. The molecule has 0 fully saturated rings. The fraction of sp³-hybridized carbons (Fsp3) is 0.643. The molecule has 0 saturated heterocycles. The molecule has 1 N–H and O–H groups in total. The van der Waals surface area contributed by atoms with Crippen molar-refractivity contribution in [3.8, 4) is 0 Å². The van der Waals surface area contributed by atoms with Gasteiger partial charge in [0.05, 0.1) is 0 Å². The second kappa shape index (κ2) is 9.14. The van der Waals surface area contributed by atoms with Gasteiger partial charge in [-0.05, 0) is 57.2 Å². The Morgan fingerprint density at radius 1 is 1.24 bits per heavy atom. The normalized spacial score (nSPS) is 11.0. The van der Waals surface area contributed by atoms with E-state index in [-0.39, 0.29) is 0 Å². The van der Waals surface area contributed by atoms with E-state index in [2.05, 4.69) is 35.1 Å². The van der Waals surface area contributed by atoms with Gasteiger partial charge in [0.1, 0.15) is 0 Å². The third kappa shape index (κ3) is 6.39. The summed E-state index contributed by atoms with van der Waals surface area (Å²) in [6.45, 7) is 10.1. The highest BCUT2D eigenvalue weighted by Crippen LogP contribution is 1.95. The Labute approximate surface area is 105 Å². The number of rotatable bonds is 9. The molecule has 1 heterocycles. The molecular formula is C14H25N3. The topological polar surface area (TPSA) is 28.2 Å². The van der Waals surface area contributed by atoms with E-state index in [1.807, 2.05) is 18.5 Å². The van der Waals surface area contributed by atoms with Crippen molar-refractivity contribution < 1.29 is 0 Å². The number of nitrogens with zero attached hydrogens (tertiary/aromatic N) is 2. The lowest BCUT2D eigenvalue weighted by molar-refractivity contribution is 0.298. The number of nitrogens with one attached hydrogen (secondary N) is 1. The van der Waals surface area contributed by atoms with Gasteiger partial charge in [-0.3, -0.25) is 4.98 Å². The first-order chi connectivity index (χ1) is 8.36. The van der Waals surface area contributed by atoms with Crippen molar-refractivity contribution in [1.82, 2.24) is 15.2 Å². The highest BCUT2D eigenvalue weighted by molar-refractivity contribution is 5.08. The molecule has 3 nitrogen and oxygen atoms in total. The summed E-state index contributed by atoms with van der Waals surface area (Å²) >= 11 is 0. The van der Waals surface area contributed by atoms with Gasteiger partial charge in [0, 0.05) is 12.4 Å². The largest absolute Gasteiger partial charge is 0.316 e. The van der Waals surface area contributed by atoms with E-state index >= 15 is 0 Å². The van der Waals surface area contributed by atoms with E-state index in [4.69, 9.17) is 0 Å². The Balaban J connectivity index is 1.98. The fourth-order valence-electron chi connectivity index (χ4n) is 1.87. The Hall–Kier alpha value is -0.930. The molecule has 1 aromatic rings. The molecule has 17 heavy (non-hydrogen) atoms. The molecule has 0 aliphatic rings. The SMILES string of the molecule is CCN(CC)CCCNCCc1cccnc1. The van der Waals surface area contributed by atoms with Crippen LogP contribution in [-0.2, 0) is 6.42 Å². The van der Waals surface area contributed by atoms with Crippen LogP contribution >= 0.6 is 0 Å². The zero-order valence-electron chi connectivity index (χ0n) is 11.2. The van der Waals surface area contributed by atoms with Gasteiger partial charge < -0.3 is 10.2 Å². The Morgan fingerprint density at radius 2 is 2.06 bits per heavy atom. The molecule has 3 heteroatoms. The summed E-state index contributed by atoms with van der Waals surface area (Å²) in [5.41, 5.74) is 1.31. The zero-order chi connectivity index (χ0) is 12.3. The molecule has 0 saturated carbocycles. The maximum Gasteiger partial charge on any atom is 0.0300 e. The molecule has 0 aromatic carbocycles. The van der Waals surface area contributed by atoms with Gasteiger partial charge >= 0.3 is 0 Å². The molecule has 0 aliphatic heterocycles. The highest BCUT2D eigenvalue weighted by atomic mass is 15.1. The van der Waals surface area contributed by atoms with Crippen molar-refractivity contribution in [1.29, 1.82) is 0 Å². The summed E-state index contributed by atoms with van der Waals surface area (Å²) in [7, 11) is 0. The summed E-state index contributed by atoms with van der Waals surface area (Å²) in [4.78, 5) is 6.57. The predicted molar refractivity (Wildman–Crippen MR) is 73.2 cm³/mol. The third-order valence-electron chi connectivity index (χ3n) is 3.04. The predicted octanol–water partition coefficient (Wildman–Crippen LogP) is 1.95. The van der Waals surface area contributed by atoms with Crippen LogP contribution in [0.4, 0.5) is 0 Å². The van der Waals surface area contributed by atoms with Gasteiger partial charge in [-0.2, -0.15) is 0 Å². The van der Waals surface area contributed by atoms with Crippen LogP contribution in [-0.4, -0.2) is 42.6 Å². The minimum Gasteiger partial charge on any atom is -0.316 e. The summed E-state index contributed by atoms with van der Waals surface area (Å²) in [6.07, 6.45) is 6.06. The van der Waals surface area contributed by atoms with Crippen molar-refractivity contribution >= 4 is 0 Å². The van der Waals surface area contributed by atoms with Crippen LogP contribution in [0.1, 0.15) is 25.8 Å². The summed E-state index contributed by atoms with van der Waals surface area (Å²) in [5.74, 6) is 0. The standard InChI is InChI=1S/C14H25N3/c1-3-17(4-2)12-6-10-15-11-8-14-7-5-9-16-13-14/h5,7,9,13,15H,3-4,6,8,10-12H2,1-2H3. The van der Waals surface area contributed by atoms with Gasteiger partial charge in [-0.15, -0.1) is 0 Å². The molecule has 0 unspecified atom stereocenters. The molecule has 0 aliphatic carbocycles. The van der Waals surface area contributed by atoms with E-state index in [1.165, 1.54) is 18.5 Å². The Bertz CT molecular complexity index is 270. The summed E-state index contributed by atoms with van der Waals surface area (Å²) in [6, 6.07) is 4.13. The number of hydrogen-bond acceptors (Lipinski definition) is 3. The van der Waals surface area contributed by atoms with Crippen LogP contribution in [0.15, 0.2) is 24.5 Å². The first kappa shape index (κ1) is 14.1. The van der Waals surface area contributed by atoms with E-state index < -0.39 is 0 Å². The van der Waals surface area contributed by atoms with Crippen molar-refractivity contribution in [3.05, 3.63) is 30.1 Å². The lowest BCUT2D eigenvalue weighted by Gasteiger charge is -2.17. The molecule has 0 atom stereocenters. The second-order valence-corrected chi connectivity index (χ2v) is 4.24. The van der Waals surface area contributed by atoms with Crippen LogP contribution in [0.25, 0.3) is 0 Å². The van der Waals surface area contributed by atoms with Crippen molar-refractivity contribution in [3.63, 3.8) is 0 Å². The van der Waals surface area contributed by atoms with E-state index in [1.54, 1.807) is 0 Å². The second-order valence-electron chi connectivity index (χ2n) is 4.24. The number of aromatic nitrogens is 1. The molecule has 96 valence electrons. The van der Waals surface area contributed by atoms with E-state index in [0.29, 0.717) is 0 Å². The van der Waals surface area contributed by atoms with Crippen LogP contribution in [0, 0.1) is 0 Å². The zero-order valence-corrected chi connectivity index (χ0v) is 11.2. The van der Waals surface area contributed by atoms with Gasteiger partial charge in [0.15, 0.2) is 0 Å². The van der Waals surface area contributed by atoms with E-state index in [0.717, 1.165) is 32.6 Å². The fourth-order valence-corrected chi connectivity index (χ4v) is 1.87. The molecule has 0 bridgehead atoms. The van der Waals surface area contributed by atoms with Crippen molar-refractivity contribution in [2.75, 3.05) is 32.7 Å². The molecule has 0 amide bonds. The first-order valence-electron chi connectivity index (χ1n) is 6.68. The Kier molecular flexibility index (Phi) is 7.60. The molecule has 0 radical (unpaired) electrons. The average Bonchev–Trinajstić information content (AvgIpc) is 2.39. The van der Waals surface area contributed by atoms with Gasteiger partial charge in [-0.1, -0.05) is 19.9 Å². The van der Waals surface area contributed by atoms with Gasteiger partial charge in [0.25, 0.3) is 0 Å². The number of hydrogen-bond donors (Lipinski definition) is 1. The van der Waals surface area contributed by atoms with Crippen LogP contribution in [0.3, 0.4) is 0 Å². The minimum absolute atomic E-state index is 1.05. The smallest absolute Gasteiger partial charge is 0.0300 e. The van der Waals surface area contributed by atoms with Gasteiger partial charge in [0.2, 0.25) is 0 Å². The lowest BCUT2D eigenvalue weighted by atomic mass is 10.2. The highest BCUT2D eigenvalue weighted by Gasteiger charge is 1.97. The first-order valence-corrected chi connectivity index (χ1v) is 6.68. The molecular weight excluding hydrogens is 210 g/mol.